The van der Waals surface area contributed by atoms with Crippen LogP contribution in [0.3, 0.4) is 0 Å². The van der Waals surface area contributed by atoms with Crippen molar-refractivity contribution in [1.82, 2.24) is 16.0 Å². The van der Waals surface area contributed by atoms with Gasteiger partial charge in [0.2, 0.25) is 0 Å². The van der Waals surface area contributed by atoms with Gasteiger partial charge in [-0.05, 0) is 40.8 Å². The molecule has 2 aliphatic rings. The number of hydrogen-bond acceptors (Lipinski definition) is 3. The first-order valence-corrected chi connectivity index (χ1v) is 8.63. The van der Waals surface area contributed by atoms with E-state index in [1.807, 2.05) is 24.3 Å². The zero-order valence-corrected chi connectivity index (χ0v) is 14.1. The van der Waals surface area contributed by atoms with Crippen LogP contribution in [-0.4, -0.2) is 38.5 Å². The number of rotatable bonds is 2. The van der Waals surface area contributed by atoms with Gasteiger partial charge in [0.25, 0.3) is 11.8 Å². The Morgan fingerprint density at radius 2 is 1.92 bits per heavy atom. The molecule has 2 aromatic carbocycles. The van der Waals surface area contributed by atoms with Crippen molar-refractivity contribution in [2.45, 2.75) is 5.92 Å². The molecule has 2 unspecified atom stereocenters. The van der Waals surface area contributed by atoms with Gasteiger partial charge in [-0.15, -0.1) is 0 Å². The standard InChI is InChI=1S/C20H21N3O2/c1-21-19(24)14-4-2-3-12(7-14)13-5-6-16-17(8-13)20(25)23-10-15-9-22-11-18(15)16/h2-8,15,18,22H,9-11H2,1H3,(H,21,24)(H,23,25). The minimum Gasteiger partial charge on any atom is -0.355 e. The molecule has 0 aromatic heterocycles. The lowest BCUT2D eigenvalue weighted by Crippen LogP contribution is -2.28. The number of fused-ring (bicyclic) bond motifs is 3. The fourth-order valence-corrected chi connectivity index (χ4v) is 3.87. The van der Waals surface area contributed by atoms with Crippen molar-refractivity contribution in [3.8, 4) is 11.1 Å². The van der Waals surface area contributed by atoms with Crippen molar-refractivity contribution >= 4 is 11.8 Å². The molecule has 5 nitrogen and oxygen atoms in total. The summed E-state index contributed by atoms with van der Waals surface area (Å²) in [6, 6.07) is 13.5. The normalized spacial score (nSPS) is 21.7. The molecular weight excluding hydrogens is 314 g/mol. The molecule has 1 saturated heterocycles. The molecule has 2 atom stereocenters. The lowest BCUT2D eigenvalue weighted by Gasteiger charge is -2.17. The van der Waals surface area contributed by atoms with E-state index in [2.05, 4.69) is 28.1 Å². The van der Waals surface area contributed by atoms with Gasteiger partial charge in [-0.3, -0.25) is 9.59 Å². The van der Waals surface area contributed by atoms with Crippen molar-refractivity contribution in [2.24, 2.45) is 5.92 Å². The van der Waals surface area contributed by atoms with Crippen LogP contribution in [0.25, 0.3) is 11.1 Å². The molecule has 2 amide bonds. The van der Waals surface area contributed by atoms with Crippen molar-refractivity contribution in [1.29, 1.82) is 0 Å². The number of carbonyl (C=O) groups excluding carboxylic acids is 2. The summed E-state index contributed by atoms with van der Waals surface area (Å²) in [5, 5.41) is 9.11. The summed E-state index contributed by atoms with van der Waals surface area (Å²) >= 11 is 0. The second kappa shape index (κ2) is 6.33. The van der Waals surface area contributed by atoms with E-state index in [0.717, 1.165) is 35.3 Å². The van der Waals surface area contributed by atoms with Crippen LogP contribution in [-0.2, 0) is 0 Å². The third-order valence-electron chi connectivity index (χ3n) is 5.25. The predicted octanol–water partition coefficient (Wildman–Crippen LogP) is 1.76. The van der Waals surface area contributed by atoms with Crippen LogP contribution < -0.4 is 16.0 Å². The Bertz CT molecular complexity index is 847. The summed E-state index contributed by atoms with van der Waals surface area (Å²) in [4.78, 5) is 24.4. The fraction of sp³-hybridized carbons (Fsp3) is 0.300. The van der Waals surface area contributed by atoms with Crippen LogP contribution in [0.2, 0.25) is 0 Å². The maximum atomic E-state index is 12.5. The van der Waals surface area contributed by atoms with E-state index in [-0.39, 0.29) is 11.8 Å². The Labute approximate surface area is 146 Å². The van der Waals surface area contributed by atoms with Crippen LogP contribution in [0, 0.1) is 5.92 Å². The Balaban J connectivity index is 1.76. The molecular formula is C20H21N3O2. The number of benzene rings is 2. The molecule has 3 N–H and O–H groups in total. The van der Waals surface area contributed by atoms with Crippen LogP contribution >= 0.6 is 0 Å². The lowest BCUT2D eigenvalue weighted by atomic mass is 9.86. The van der Waals surface area contributed by atoms with E-state index in [1.165, 1.54) is 0 Å². The van der Waals surface area contributed by atoms with Crippen molar-refractivity contribution in [3.63, 3.8) is 0 Å². The molecule has 2 aromatic rings. The smallest absolute Gasteiger partial charge is 0.251 e. The zero-order chi connectivity index (χ0) is 17.4. The molecule has 2 heterocycles. The molecule has 25 heavy (non-hydrogen) atoms. The summed E-state index contributed by atoms with van der Waals surface area (Å²) in [5.74, 6) is 0.704. The Hall–Kier alpha value is -2.66. The van der Waals surface area contributed by atoms with Gasteiger partial charge in [0.15, 0.2) is 0 Å². The number of hydrogen-bond donors (Lipinski definition) is 3. The van der Waals surface area contributed by atoms with Gasteiger partial charge in [-0.1, -0.05) is 24.3 Å². The van der Waals surface area contributed by atoms with E-state index in [1.54, 1.807) is 13.1 Å². The summed E-state index contributed by atoms with van der Waals surface area (Å²) in [6.45, 7) is 2.57. The molecule has 2 aliphatic heterocycles. The molecule has 1 fully saturated rings. The molecule has 5 heteroatoms. The minimum absolute atomic E-state index is 0.00583. The third kappa shape index (κ3) is 2.81. The SMILES string of the molecule is CNC(=O)c1cccc(-c2ccc3c(c2)C(=O)NCC2CNCC32)c1. The molecule has 4 rings (SSSR count). The maximum Gasteiger partial charge on any atom is 0.251 e. The fourth-order valence-electron chi connectivity index (χ4n) is 3.87. The molecule has 0 aliphatic carbocycles. The molecule has 0 bridgehead atoms. The van der Waals surface area contributed by atoms with Gasteiger partial charge in [0.05, 0.1) is 0 Å². The summed E-state index contributed by atoms with van der Waals surface area (Å²) in [5.41, 5.74) is 4.36. The monoisotopic (exact) mass is 335 g/mol. The number of carbonyl (C=O) groups is 2. The van der Waals surface area contributed by atoms with Gasteiger partial charge in [-0.2, -0.15) is 0 Å². The second-order valence-electron chi connectivity index (χ2n) is 6.70. The average molecular weight is 335 g/mol. The molecule has 128 valence electrons. The highest BCUT2D eigenvalue weighted by molar-refractivity contribution is 5.98. The zero-order valence-electron chi connectivity index (χ0n) is 14.1. The highest BCUT2D eigenvalue weighted by atomic mass is 16.2. The second-order valence-corrected chi connectivity index (χ2v) is 6.70. The van der Waals surface area contributed by atoms with Crippen LogP contribution in [0.15, 0.2) is 42.5 Å². The Kier molecular flexibility index (Phi) is 4.01. The largest absolute Gasteiger partial charge is 0.355 e. The van der Waals surface area contributed by atoms with Crippen molar-refractivity contribution in [2.75, 3.05) is 26.7 Å². The first-order chi connectivity index (χ1) is 12.2. The molecule has 0 radical (unpaired) electrons. The quantitative estimate of drug-likeness (QED) is 0.783. The van der Waals surface area contributed by atoms with Gasteiger partial charge in [0.1, 0.15) is 0 Å². The summed E-state index contributed by atoms with van der Waals surface area (Å²) in [6.07, 6.45) is 0. The topological polar surface area (TPSA) is 70.2 Å². The third-order valence-corrected chi connectivity index (χ3v) is 5.25. The van der Waals surface area contributed by atoms with Crippen LogP contribution in [0.4, 0.5) is 0 Å². The highest BCUT2D eigenvalue weighted by Gasteiger charge is 2.34. The van der Waals surface area contributed by atoms with Gasteiger partial charge < -0.3 is 16.0 Å². The van der Waals surface area contributed by atoms with E-state index in [9.17, 15) is 9.59 Å². The van der Waals surface area contributed by atoms with E-state index in [4.69, 9.17) is 0 Å². The maximum absolute atomic E-state index is 12.5. The van der Waals surface area contributed by atoms with Gasteiger partial charge >= 0.3 is 0 Å². The highest BCUT2D eigenvalue weighted by Crippen LogP contribution is 2.34. The van der Waals surface area contributed by atoms with Gasteiger partial charge in [-0.25, -0.2) is 0 Å². The number of nitrogens with one attached hydrogen (secondary N) is 3. The Morgan fingerprint density at radius 1 is 1.08 bits per heavy atom. The van der Waals surface area contributed by atoms with Crippen molar-refractivity contribution < 1.29 is 9.59 Å². The first kappa shape index (κ1) is 15.8. The Morgan fingerprint density at radius 3 is 2.76 bits per heavy atom. The van der Waals surface area contributed by atoms with Crippen LogP contribution in [0.1, 0.15) is 32.2 Å². The van der Waals surface area contributed by atoms with E-state index < -0.39 is 0 Å². The first-order valence-electron chi connectivity index (χ1n) is 8.63. The minimum atomic E-state index is -0.116. The van der Waals surface area contributed by atoms with Crippen LogP contribution in [0.5, 0.6) is 0 Å². The summed E-state index contributed by atoms with van der Waals surface area (Å²) < 4.78 is 0. The van der Waals surface area contributed by atoms with E-state index in [0.29, 0.717) is 23.9 Å². The predicted molar refractivity (Wildman–Crippen MR) is 96.7 cm³/mol. The number of amides is 2. The van der Waals surface area contributed by atoms with Gasteiger partial charge in [0, 0.05) is 43.7 Å². The van der Waals surface area contributed by atoms with Crippen molar-refractivity contribution in [3.05, 3.63) is 59.2 Å². The van der Waals surface area contributed by atoms with E-state index >= 15 is 0 Å². The lowest BCUT2D eigenvalue weighted by molar-refractivity contribution is 0.0948. The molecule has 0 saturated carbocycles. The molecule has 0 spiro atoms. The average Bonchev–Trinajstić information content (AvgIpc) is 3.08. The summed E-state index contributed by atoms with van der Waals surface area (Å²) in [7, 11) is 1.62.